The van der Waals surface area contributed by atoms with Crippen LogP contribution in [0.25, 0.3) is 0 Å². The molecule has 1 saturated heterocycles. The summed E-state index contributed by atoms with van der Waals surface area (Å²) in [6.45, 7) is 3.85. The lowest BCUT2D eigenvalue weighted by molar-refractivity contribution is -0.117. The molecule has 0 spiro atoms. The molecule has 1 N–H and O–H groups in total. The number of nitrogens with zero attached hydrogens (tertiary/aromatic N) is 2. The van der Waals surface area contributed by atoms with Crippen molar-refractivity contribution in [2.45, 2.75) is 25.5 Å². The Bertz CT molecular complexity index is 1330. The number of amides is 2. The lowest BCUT2D eigenvalue weighted by atomic mass is 10.1. The van der Waals surface area contributed by atoms with Gasteiger partial charge in [0, 0.05) is 10.7 Å². The Hall–Kier alpha value is -3.53. The molecule has 0 saturated carbocycles. The van der Waals surface area contributed by atoms with E-state index in [1.165, 1.54) is 16.7 Å². The molecule has 1 aliphatic heterocycles. The number of carbonyl (C=O) groups is 2. The van der Waals surface area contributed by atoms with E-state index in [-0.39, 0.29) is 11.5 Å². The van der Waals surface area contributed by atoms with Gasteiger partial charge in [-0.25, -0.2) is 0 Å². The third kappa shape index (κ3) is 5.01. The molecule has 0 bridgehead atoms. The molecule has 1 atom stereocenters. The molecule has 7 heteroatoms. The molecule has 0 aromatic heterocycles. The number of thioether (sulfide) groups is 1. The average Bonchev–Trinajstić information content (AvgIpc) is 3.11. The van der Waals surface area contributed by atoms with Crippen LogP contribution in [0.4, 0.5) is 11.4 Å². The Balaban J connectivity index is 1.74. The number of halogens is 1. The molecule has 5 nitrogen and oxygen atoms in total. The van der Waals surface area contributed by atoms with Crippen molar-refractivity contribution in [3.63, 3.8) is 0 Å². The molecular formula is C27H22ClN3O2S. The summed E-state index contributed by atoms with van der Waals surface area (Å²) in [4.78, 5) is 28.2. The number of aryl methyl sites for hydroxylation is 2. The van der Waals surface area contributed by atoms with Crippen LogP contribution in [0.3, 0.4) is 0 Å². The number of hydrogen-bond donors (Lipinski definition) is 1. The van der Waals surface area contributed by atoms with Crippen LogP contribution in [-0.4, -0.2) is 17.1 Å². The van der Waals surface area contributed by atoms with Crippen molar-refractivity contribution in [1.82, 2.24) is 0 Å². The number of para-hydroxylation sites is 1. The van der Waals surface area contributed by atoms with E-state index in [4.69, 9.17) is 11.6 Å². The van der Waals surface area contributed by atoms with E-state index in [0.29, 0.717) is 27.8 Å². The summed E-state index contributed by atoms with van der Waals surface area (Å²) in [6.07, 6.45) is 0.425. The lowest BCUT2D eigenvalue weighted by Crippen LogP contribution is -2.31. The molecule has 0 aliphatic carbocycles. The zero-order valence-electron chi connectivity index (χ0n) is 18.7. The van der Waals surface area contributed by atoms with Crippen LogP contribution in [0.15, 0.2) is 83.4 Å². The van der Waals surface area contributed by atoms with Gasteiger partial charge in [0.15, 0.2) is 0 Å². The second kappa shape index (κ2) is 10.2. The second-order valence-electron chi connectivity index (χ2n) is 8.01. The molecule has 4 rings (SSSR count). The van der Waals surface area contributed by atoms with Crippen LogP contribution in [0.5, 0.6) is 0 Å². The molecule has 170 valence electrons. The Labute approximate surface area is 208 Å². The molecule has 1 aliphatic rings. The monoisotopic (exact) mass is 487 g/mol. The molecule has 0 unspecified atom stereocenters. The highest BCUT2D eigenvalue weighted by atomic mass is 35.5. The van der Waals surface area contributed by atoms with Crippen LogP contribution >= 0.6 is 23.4 Å². The summed E-state index contributed by atoms with van der Waals surface area (Å²) in [5.74, 6) is -0.728. The summed E-state index contributed by atoms with van der Waals surface area (Å²) in [5.41, 5.74) is 3.97. The predicted octanol–water partition coefficient (Wildman–Crippen LogP) is 6.02. The molecular weight excluding hydrogens is 466 g/mol. The number of carbonyl (C=O) groups excluding carboxylic acids is 2. The summed E-state index contributed by atoms with van der Waals surface area (Å²) in [7, 11) is 0. The maximum absolute atomic E-state index is 13.6. The summed E-state index contributed by atoms with van der Waals surface area (Å²) in [6, 6.07) is 24.1. The van der Waals surface area contributed by atoms with Gasteiger partial charge in [-0.2, -0.15) is 5.26 Å². The van der Waals surface area contributed by atoms with Gasteiger partial charge in [0.1, 0.15) is 16.7 Å². The molecule has 3 aromatic carbocycles. The Morgan fingerprint density at radius 3 is 2.50 bits per heavy atom. The topological polar surface area (TPSA) is 73.2 Å². The van der Waals surface area contributed by atoms with Gasteiger partial charge in [-0.1, -0.05) is 71.4 Å². The first-order valence-electron chi connectivity index (χ1n) is 10.7. The van der Waals surface area contributed by atoms with E-state index in [9.17, 15) is 14.9 Å². The lowest BCUT2D eigenvalue weighted by Gasteiger charge is -2.20. The quantitative estimate of drug-likeness (QED) is 0.352. The van der Waals surface area contributed by atoms with Crippen molar-refractivity contribution in [2.75, 3.05) is 10.2 Å². The first kappa shape index (κ1) is 23.6. The van der Waals surface area contributed by atoms with Crippen LogP contribution in [0.1, 0.15) is 16.7 Å². The highest BCUT2D eigenvalue weighted by Crippen LogP contribution is 2.43. The first-order chi connectivity index (χ1) is 16.4. The SMILES string of the molecule is Cc1ccc(NC(=O)/C(C#N)=C2\S[C@@H](Cc3cccc(Cl)c3)C(=O)N2c2ccccc2C)cc1. The van der Waals surface area contributed by atoms with Gasteiger partial charge in [-0.3, -0.25) is 14.5 Å². The average molecular weight is 488 g/mol. The number of hydrogen-bond acceptors (Lipinski definition) is 4. The van der Waals surface area contributed by atoms with Gasteiger partial charge in [0.2, 0.25) is 5.91 Å². The third-order valence-corrected chi connectivity index (χ3v) is 6.98. The molecule has 1 heterocycles. The number of benzene rings is 3. The van der Waals surface area contributed by atoms with Crippen LogP contribution in [-0.2, 0) is 16.0 Å². The minimum Gasteiger partial charge on any atom is -0.321 e. The molecule has 1 fully saturated rings. The van der Waals surface area contributed by atoms with Gasteiger partial charge in [-0.15, -0.1) is 0 Å². The van der Waals surface area contributed by atoms with E-state index >= 15 is 0 Å². The van der Waals surface area contributed by atoms with Crippen molar-refractivity contribution < 1.29 is 9.59 Å². The highest BCUT2D eigenvalue weighted by molar-refractivity contribution is 8.05. The summed E-state index contributed by atoms with van der Waals surface area (Å²) < 4.78 is 0. The Morgan fingerprint density at radius 1 is 1.09 bits per heavy atom. The first-order valence-corrected chi connectivity index (χ1v) is 12.0. The molecule has 3 aromatic rings. The second-order valence-corrected chi connectivity index (χ2v) is 9.64. The third-order valence-electron chi connectivity index (χ3n) is 5.48. The number of nitrogens with one attached hydrogen (secondary N) is 1. The van der Waals surface area contributed by atoms with E-state index in [1.54, 1.807) is 18.2 Å². The largest absolute Gasteiger partial charge is 0.321 e. The molecule has 0 radical (unpaired) electrons. The predicted molar refractivity (Wildman–Crippen MR) is 138 cm³/mol. The maximum Gasteiger partial charge on any atom is 0.269 e. The number of rotatable bonds is 5. The van der Waals surface area contributed by atoms with Gasteiger partial charge < -0.3 is 5.32 Å². The maximum atomic E-state index is 13.6. The van der Waals surface area contributed by atoms with E-state index in [0.717, 1.165) is 16.7 Å². The van der Waals surface area contributed by atoms with Crippen molar-refractivity contribution in [3.05, 3.63) is 105 Å². The zero-order valence-corrected chi connectivity index (χ0v) is 20.3. The van der Waals surface area contributed by atoms with Gasteiger partial charge in [-0.05, 0) is 61.7 Å². The minimum atomic E-state index is -0.552. The van der Waals surface area contributed by atoms with E-state index < -0.39 is 11.2 Å². The molecule has 34 heavy (non-hydrogen) atoms. The van der Waals surface area contributed by atoms with E-state index in [2.05, 4.69) is 5.32 Å². The number of nitriles is 1. The summed E-state index contributed by atoms with van der Waals surface area (Å²) in [5, 5.41) is 13.2. The smallest absolute Gasteiger partial charge is 0.269 e. The van der Waals surface area contributed by atoms with Crippen molar-refractivity contribution in [3.8, 4) is 6.07 Å². The standard InChI is InChI=1S/C27H22ClN3O2S/c1-17-10-12-21(13-11-17)30-25(32)22(16-29)27-31(23-9-4-3-6-18(23)2)26(33)24(34-27)15-19-7-5-8-20(28)14-19/h3-14,24H,15H2,1-2H3,(H,30,32)/b27-22-/t24-/m0/s1. The van der Waals surface area contributed by atoms with Gasteiger partial charge >= 0.3 is 0 Å². The minimum absolute atomic E-state index is 0.101. The van der Waals surface area contributed by atoms with Crippen molar-refractivity contribution in [1.29, 1.82) is 5.26 Å². The van der Waals surface area contributed by atoms with Crippen LogP contribution in [0.2, 0.25) is 5.02 Å². The summed E-state index contributed by atoms with van der Waals surface area (Å²) >= 11 is 7.37. The van der Waals surface area contributed by atoms with Crippen LogP contribution < -0.4 is 10.2 Å². The fraction of sp³-hybridized carbons (Fsp3) is 0.148. The normalized spacial score (nSPS) is 16.8. The number of anilines is 2. The van der Waals surface area contributed by atoms with E-state index in [1.807, 2.05) is 74.5 Å². The molecule has 2 amide bonds. The van der Waals surface area contributed by atoms with Gasteiger partial charge in [0.25, 0.3) is 5.91 Å². The fourth-order valence-electron chi connectivity index (χ4n) is 3.73. The van der Waals surface area contributed by atoms with Crippen molar-refractivity contribution in [2.24, 2.45) is 0 Å². The van der Waals surface area contributed by atoms with Gasteiger partial charge in [0.05, 0.1) is 10.9 Å². The highest BCUT2D eigenvalue weighted by Gasteiger charge is 2.41. The Morgan fingerprint density at radius 2 is 1.82 bits per heavy atom. The zero-order chi connectivity index (χ0) is 24.2. The van der Waals surface area contributed by atoms with Crippen LogP contribution in [0, 0.1) is 25.2 Å². The Kier molecular flexibility index (Phi) is 7.06. The fourth-order valence-corrected chi connectivity index (χ4v) is 5.24. The van der Waals surface area contributed by atoms with Crippen molar-refractivity contribution >= 4 is 46.6 Å².